The van der Waals surface area contributed by atoms with Gasteiger partial charge in [-0.2, -0.15) is 0 Å². The second-order valence-corrected chi connectivity index (χ2v) is 9.83. The van der Waals surface area contributed by atoms with Gasteiger partial charge in [0, 0.05) is 12.0 Å². The molecule has 0 unspecified atom stereocenters. The third kappa shape index (κ3) is 7.71. The Morgan fingerprint density at radius 1 is 1.18 bits per heavy atom. The van der Waals surface area contributed by atoms with Crippen molar-refractivity contribution in [3.8, 4) is 11.5 Å². The molecule has 1 aromatic rings. The Morgan fingerprint density at radius 3 is 2.55 bits per heavy atom. The quantitative estimate of drug-likeness (QED) is 0.348. The molecule has 0 amide bonds. The fourth-order valence-electron chi connectivity index (χ4n) is 4.30. The maximum absolute atomic E-state index is 12.5. The summed E-state index contributed by atoms with van der Waals surface area (Å²) in [6.45, 7) is 11.5. The molecular weight excluding hydrogens is 416 g/mol. The number of ketones is 2. The summed E-state index contributed by atoms with van der Waals surface area (Å²) in [5, 5.41) is 9.87. The minimum atomic E-state index is -0.812. The van der Waals surface area contributed by atoms with Crippen molar-refractivity contribution in [2.24, 2.45) is 0 Å². The fourth-order valence-corrected chi connectivity index (χ4v) is 4.30. The molecule has 33 heavy (non-hydrogen) atoms. The first-order valence-electron chi connectivity index (χ1n) is 11.5. The van der Waals surface area contributed by atoms with E-state index in [1.165, 1.54) is 0 Å². The lowest BCUT2D eigenvalue weighted by molar-refractivity contribution is -0.157. The van der Waals surface area contributed by atoms with E-state index in [0.717, 1.165) is 40.9 Å². The van der Waals surface area contributed by atoms with Gasteiger partial charge >= 0.3 is 0 Å². The predicted molar refractivity (Wildman–Crippen MR) is 132 cm³/mol. The lowest BCUT2D eigenvalue weighted by Crippen LogP contribution is -2.47. The number of hydrogen-bond donors (Lipinski definition) is 1. The summed E-state index contributed by atoms with van der Waals surface area (Å²) in [7, 11) is 1.62. The van der Waals surface area contributed by atoms with Gasteiger partial charge < -0.3 is 14.6 Å². The van der Waals surface area contributed by atoms with Crippen molar-refractivity contribution in [2.75, 3.05) is 7.11 Å². The van der Waals surface area contributed by atoms with Gasteiger partial charge in [-0.25, -0.2) is 0 Å². The molecule has 0 radical (unpaired) electrons. The minimum Gasteiger partial charge on any atom is -0.508 e. The number of phenols is 1. The molecule has 1 heterocycles. The number of methoxy groups -OCH3 is 1. The summed E-state index contributed by atoms with van der Waals surface area (Å²) < 4.78 is 11.5. The van der Waals surface area contributed by atoms with Crippen molar-refractivity contribution >= 4 is 11.6 Å². The first-order chi connectivity index (χ1) is 15.3. The van der Waals surface area contributed by atoms with Crippen molar-refractivity contribution in [3.05, 3.63) is 58.7 Å². The van der Waals surface area contributed by atoms with Crippen LogP contribution in [0.1, 0.15) is 71.4 Å². The summed E-state index contributed by atoms with van der Waals surface area (Å²) >= 11 is 0. The Bertz CT molecular complexity index is 980. The first-order valence-corrected chi connectivity index (χ1v) is 11.5. The zero-order chi connectivity index (χ0) is 24.8. The number of aromatic hydroxyl groups is 1. The molecule has 5 nitrogen and oxygen atoms in total. The molecule has 1 aliphatic heterocycles. The van der Waals surface area contributed by atoms with Crippen LogP contribution in [0.2, 0.25) is 0 Å². The smallest absolute Gasteiger partial charge is 0.186 e. The Labute approximate surface area is 198 Å². The molecule has 0 saturated heterocycles. The number of carbonyl (C=O) groups excluding carboxylic acids is 2. The van der Waals surface area contributed by atoms with Gasteiger partial charge in [-0.05, 0) is 103 Å². The average Bonchev–Trinajstić information content (AvgIpc) is 2.68. The van der Waals surface area contributed by atoms with Gasteiger partial charge in [-0.15, -0.1) is 0 Å². The molecule has 0 bridgehead atoms. The largest absolute Gasteiger partial charge is 0.508 e. The number of rotatable bonds is 10. The highest BCUT2D eigenvalue weighted by atomic mass is 16.5. The SMILES string of the molecule is COc1c(C)cc(O)cc1CC=C(C)CC(=O)C=C(C)CCC[C@]1(C)OC(C)(C)C=CC1=O. The van der Waals surface area contributed by atoms with Crippen molar-refractivity contribution in [1.82, 2.24) is 0 Å². The average molecular weight is 455 g/mol. The summed E-state index contributed by atoms with van der Waals surface area (Å²) in [6, 6.07) is 3.36. The molecule has 0 spiro atoms. The van der Waals surface area contributed by atoms with E-state index >= 15 is 0 Å². The standard InChI is InChI=1S/C28H38O5/c1-19(9-8-13-28(6)25(31)12-14-27(4,5)33-28)15-23(29)16-20(2)10-11-22-18-24(30)17-21(3)26(22)32-7/h10,12,14-15,17-18,30H,8-9,11,13,16H2,1-7H3/t28-/m0/s1. The Morgan fingerprint density at radius 2 is 1.88 bits per heavy atom. The predicted octanol–water partition coefficient (Wildman–Crippen LogP) is 5.97. The normalized spacial score (nSPS) is 20.8. The molecule has 0 aliphatic carbocycles. The monoisotopic (exact) mass is 454 g/mol. The van der Waals surface area contributed by atoms with E-state index in [4.69, 9.17) is 9.47 Å². The number of benzene rings is 1. The van der Waals surface area contributed by atoms with Crippen LogP contribution in [0.25, 0.3) is 0 Å². The minimum absolute atomic E-state index is 0.00106. The van der Waals surface area contributed by atoms with Crippen molar-refractivity contribution < 1.29 is 24.2 Å². The molecule has 1 aromatic carbocycles. The number of ether oxygens (including phenoxy) is 2. The molecular formula is C28H38O5. The van der Waals surface area contributed by atoms with Crippen LogP contribution in [0.15, 0.2) is 47.6 Å². The third-order valence-electron chi connectivity index (χ3n) is 5.94. The Balaban J connectivity index is 1.89. The second-order valence-electron chi connectivity index (χ2n) is 9.83. The summed E-state index contributed by atoms with van der Waals surface area (Å²) in [5.41, 5.74) is 2.47. The number of hydrogen-bond acceptors (Lipinski definition) is 5. The van der Waals surface area contributed by atoms with E-state index in [1.54, 1.807) is 37.5 Å². The molecule has 1 N–H and O–H groups in total. The van der Waals surface area contributed by atoms with Crippen LogP contribution < -0.4 is 4.74 Å². The maximum atomic E-state index is 12.5. The summed E-state index contributed by atoms with van der Waals surface area (Å²) in [6.07, 6.45) is 10.2. The van der Waals surface area contributed by atoms with E-state index in [2.05, 4.69) is 0 Å². The van der Waals surface area contributed by atoms with E-state index in [9.17, 15) is 14.7 Å². The first kappa shape index (κ1) is 26.6. The van der Waals surface area contributed by atoms with Crippen LogP contribution >= 0.6 is 0 Å². The highest BCUT2D eigenvalue weighted by Gasteiger charge is 2.40. The highest BCUT2D eigenvalue weighted by molar-refractivity contribution is 5.97. The van der Waals surface area contributed by atoms with Crippen LogP contribution in [0, 0.1) is 6.92 Å². The number of aryl methyl sites for hydroxylation is 1. The van der Waals surface area contributed by atoms with E-state index < -0.39 is 11.2 Å². The molecule has 0 saturated carbocycles. The van der Waals surface area contributed by atoms with Gasteiger partial charge in [-0.1, -0.05) is 17.2 Å². The lowest BCUT2D eigenvalue weighted by Gasteiger charge is -2.38. The molecule has 2 rings (SSSR count). The Kier molecular flexibility index (Phi) is 8.84. The highest BCUT2D eigenvalue weighted by Crippen LogP contribution is 2.32. The fraction of sp³-hybridized carbons (Fsp3) is 0.500. The van der Waals surface area contributed by atoms with Crippen LogP contribution in [-0.2, 0) is 20.7 Å². The van der Waals surface area contributed by atoms with Gasteiger partial charge in [0.05, 0.1) is 12.7 Å². The van der Waals surface area contributed by atoms with Crippen LogP contribution in [-0.4, -0.2) is 35.0 Å². The zero-order valence-electron chi connectivity index (χ0n) is 21.1. The van der Waals surface area contributed by atoms with Gasteiger partial charge in [0.25, 0.3) is 0 Å². The van der Waals surface area contributed by atoms with E-state index in [-0.39, 0.29) is 17.3 Å². The summed E-state index contributed by atoms with van der Waals surface area (Å²) in [4.78, 5) is 24.8. The molecule has 180 valence electrons. The zero-order valence-corrected chi connectivity index (χ0v) is 21.1. The summed E-state index contributed by atoms with van der Waals surface area (Å²) in [5.74, 6) is 1.02. The van der Waals surface area contributed by atoms with Crippen LogP contribution in [0.3, 0.4) is 0 Å². The van der Waals surface area contributed by atoms with Gasteiger partial charge in [0.2, 0.25) is 0 Å². The number of carbonyl (C=O) groups is 2. The number of phenolic OH excluding ortho intramolecular Hbond substituents is 1. The van der Waals surface area contributed by atoms with Crippen molar-refractivity contribution in [1.29, 1.82) is 0 Å². The van der Waals surface area contributed by atoms with E-state index in [1.807, 2.05) is 47.6 Å². The molecule has 0 fully saturated rings. The molecule has 5 heteroatoms. The van der Waals surface area contributed by atoms with Crippen LogP contribution in [0.5, 0.6) is 11.5 Å². The number of allylic oxidation sites excluding steroid dienone is 4. The third-order valence-corrected chi connectivity index (χ3v) is 5.94. The van der Waals surface area contributed by atoms with Gasteiger partial charge in [-0.3, -0.25) is 9.59 Å². The van der Waals surface area contributed by atoms with E-state index in [0.29, 0.717) is 19.3 Å². The lowest BCUT2D eigenvalue weighted by atomic mass is 9.87. The van der Waals surface area contributed by atoms with Crippen molar-refractivity contribution in [2.45, 2.75) is 84.8 Å². The Hall–Kier alpha value is -2.66. The van der Waals surface area contributed by atoms with Gasteiger partial charge in [0.1, 0.15) is 17.1 Å². The van der Waals surface area contributed by atoms with Crippen LogP contribution in [0.4, 0.5) is 0 Å². The second kappa shape index (κ2) is 11.0. The molecule has 1 atom stereocenters. The van der Waals surface area contributed by atoms with Gasteiger partial charge in [0.15, 0.2) is 11.6 Å². The van der Waals surface area contributed by atoms with Crippen molar-refractivity contribution in [3.63, 3.8) is 0 Å². The topological polar surface area (TPSA) is 72.8 Å². The maximum Gasteiger partial charge on any atom is 0.186 e. The molecule has 1 aliphatic rings. The molecule has 0 aromatic heterocycles.